The first kappa shape index (κ1) is 11.0. The summed E-state index contributed by atoms with van der Waals surface area (Å²) in [6.45, 7) is 6.06. The van der Waals surface area contributed by atoms with Gasteiger partial charge in [0.05, 0.1) is 0 Å². The Morgan fingerprint density at radius 1 is 1.21 bits per heavy atom. The molecule has 0 aromatic heterocycles. The second kappa shape index (κ2) is 4.94. The lowest BCUT2D eigenvalue weighted by atomic mass is 9.90. The van der Waals surface area contributed by atoms with Gasteiger partial charge in [0.25, 0.3) is 0 Å². The van der Waals surface area contributed by atoms with E-state index in [1.807, 2.05) is 6.92 Å². The molecule has 1 nitrogen and oxygen atoms in total. The van der Waals surface area contributed by atoms with E-state index in [0.717, 1.165) is 12.0 Å². The average molecular weight is 190 g/mol. The van der Waals surface area contributed by atoms with Crippen LogP contribution in [0.1, 0.15) is 43.7 Å². The Labute approximate surface area is 86.1 Å². The smallest absolute Gasteiger partial charge is 0.140 e. The molecule has 1 aromatic carbocycles. The molecule has 76 valence electrons. The number of aryl methyl sites for hydroxylation is 1. The largest absolute Gasteiger partial charge is 0.299 e. The van der Waals surface area contributed by atoms with Crippen molar-refractivity contribution in [2.75, 3.05) is 0 Å². The molecule has 1 heteroatoms. The zero-order valence-corrected chi connectivity index (χ0v) is 9.21. The van der Waals surface area contributed by atoms with Gasteiger partial charge in [0.2, 0.25) is 0 Å². The lowest BCUT2D eigenvalue weighted by Gasteiger charge is -2.13. The molecule has 1 unspecified atom stereocenters. The number of carbonyl (C=O) groups is 1. The van der Waals surface area contributed by atoms with Gasteiger partial charge in [0.15, 0.2) is 0 Å². The number of hydrogen-bond donors (Lipinski definition) is 0. The summed E-state index contributed by atoms with van der Waals surface area (Å²) in [7, 11) is 0. The van der Waals surface area contributed by atoms with E-state index in [0.29, 0.717) is 12.2 Å². The fraction of sp³-hybridized carbons (Fsp3) is 0.462. The summed E-state index contributed by atoms with van der Waals surface area (Å²) >= 11 is 0. The van der Waals surface area contributed by atoms with Crippen LogP contribution in [0.3, 0.4) is 0 Å². The zero-order chi connectivity index (χ0) is 10.6. The summed E-state index contributed by atoms with van der Waals surface area (Å²) in [5.74, 6) is 0.442. The predicted molar refractivity (Wildman–Crippen MR) is 59.5 cm³/mol. The normalized spacial score (nSPS) is 12.5. The molecule has 0 N–H and O–H groups in total. The molecule has 0 aliphatic rings. The molecular weight excluding hydrogens is 172 g/mol. The Kier molecular flexibility index (Phi) is 3.87. The van der Waals surface area contributed by atoms with Gasteiger partial charge in [-0.05, 0) is 18.9 Å². The Morgan fingerprint density at radius 2 is 1.79 bits per heavy atom. The Morgan fingerprint density at radius 3 is 2.21 bits per heavy atom. The molecule has 0 amide bonds. The maximum Gasteiger partial charge on any atom is 0.140 e. The van der Waals surface area contributed by atoms with Crippen LogP contribution < -0.4 is 0 Å². The van der Waals surface area contributed by atoms with Crippen LogP contribution in [0, 0.1) is 6.92 Å². The van der Waals surface area contributed by atoms with E-state index in [-0.39, 0.29) is 5.92 Å². The highest BCUT2D eigenvalue weighted by Gasteiger charge is 2.15. The molecule has 1 atom stereocenters. The SMILES string of the molecule is CCC(=O)C(CC)c1ccc(C)cc1. The highest BCUT2D eigenvalue weighted by molar-refractivity contribution is 5.85. The molecule has 1 rings (SSSR count). The molecule has 0 spiro atoms. The van der Waals surface area contributed by atoms with Crippen LogP contribution in [0.15, 0.2) is 24.3 Å². The first-order valence-corrected chi connectivity index (χ1v) is 5.28. The third-order valence-corrected chi connectivity index (χ3v) is 2.63. The van der Waals surface area contributed by atoms with Crippen LogP contribution in [-0.4, -0.2) is 5.78 Å². The molecule has 0 bridgehead atoms. The van der Waals surface area contributed by atoms with Crippen LogP contribution in [-0.2, 0) is 4.79 Å². The van der Waals surface area contributed by atoms with Gasteiger partial charge in [-0.1, -0.05) is 43.7 Å². The summed E-state index contributed by atoms with van der Waals surface area (Å²) in [6.07, 6.45) is 1.53. The quantitative estimate of drug-likeness (QED) is 0.710. The van der Waals surface area contributed by atoms with Crippen molar-refractivity contribution in [3.05, 3.63) is 35.4 Å². The van der Waals surface area contributed by atoms with Crippen LogP contribution >= 0.6 is 0 Å². The van der Waals surface area contributed by atoms with Crippen LogP contribution in [0.25, 0.3) is 0 Å². The minimum atomic E-state index is 0.0978. The summed E-state index contributed by atoms with van der Waals surface area (Å²) in [5.41, 5.74) is 2.40. The highest BCUT2D eigenvalue weighted by atomic mass is 16.1. The third-order valence-electron chi connectivity index (χ3n) is 2.63. The molecule has 14 heavy (non-hydrogen) atoms. The Balaban J connectivity index is 2.89. The van der Waals surface area contributed by atoms with Gasteiger partial charge in [0, 0.05) is 12.3 Å². The summed E-state index contributed by atoms with van der Waals surface area (Å²) in [6, 6.07) is 8.27. The minimum Gasteiger partial charge on any atom is -0.299 e. The maximum atomic E-state index is 11.6. The van der Waals surface area contributed by atoms with Crippen molar-refractivity contribution in [1.82, 2.24) is 0 Å². The minimum absolute atomic E-state index is 0.0978. The van der Waals surface area contributed by atoms with Crippen molar-refractivity contribution in [1.29, 1.82) is 0 Å². The number of rotatable bonds is 4. The number of hydrogen-bond acceptors (Lipinski definition) is 1. The first-order valence-electron chi connectivity index (χ1n) is 5.28. The summed E-state index contributed by atoms with van der Waals surface area (Å²) < 4.78 is 0. The van der Waals surface area contributed by atoms with E-state index < -0.39 is 0 Å². The Bertz CT molecular complexity index is 298. The van der Waals surface area contributed by atoms with Gasteiger partial charge in [-0.15, -0.1) is 0 Å². The molecule has 1 aromatic rings. The maximum absolute atomic E-state index is 11.6. The lowest BCUT2D eigenvalue weighted by molar-refractivity contribution is -0.120. The van der Waals surface area contributed by atoms with Crippen LogP contribution in [0.2, 0.25) is 0 Å². The molecule has 0 heterocycles. The summed E-state index contributed by atoms with van der Waals surface area (Å²) in [4.78, 5) is 11.6. The van der Waals surface area contributed by atoms with Crippen LogP contribution in [0.4, 0.5) is 0 Å². The number of Topliss-reactive ketones (excluding diaryl/α,β-unsaturated/α-hetero) is 1. The van der Waals surface area contributed by atoms with Gasteiger partial charge in [-0.3, -0.25) is 4.79 Å². The van der Waals surface area contributed by atoms with E-state index >= 15 is 0 Å². The van der Waals surface area contributed by atoms with Crippen molar-refractivity contribution in [3.63, 3.8) is 0 Å². The van der Waals surface area contributed by atoms with Crippen LogP contribution in [0.5, 0.6) is 0 Å². The second-order valence-electron chi connectivity index (χ2n) is 3.69. The molecule has 0 radical (unpaired) electrons. The van der Waals surface area contributed by atoms with Crippen molar-refractivity contribution >= 4 is 5.78 Å². The number of ketones is 1. The molecule has 0 fully saturated rings. The van der Waals surface area contributed by atoms with Crippen molar-refractivity contribution < 1.29 is 4.79 Å². The zero-order valence-electron chi connectivity index (χ0n) is 9.21. The van der Waals surface area contributed by atoms with Crippen molar-refractivity contribution in [2.45, 2.75) is 39.5 Å². The molecule has 0 aliphatic heterocycles. The predicted octanol–water partition coefficient (Wildman–Crippen LogP) is 3.47. The number of carbonyl (C=O) groups excluding carboxylic acids is 1. The average Bonchev–Trinajstić information content (AvgIpc) is 2.21. The number of benzene rings is 1. The molecule has 0 saturated heterocycles. The molecule has 0 saturated carbocycles. The third kappa shape index (κ3) is 2.44. The van der Waals surface area contributed by atoms with Crippen molar-refractivity contribution in [3.8, 4) is 0 Å². The van der Waals surface area contributed by atoms with Gasteiger partial charge in [-0.2, -0.15) is 0 Å². The van der Waals surface area contributed by atoms with Gasteiger partial charge < -0.3 is 0 Å². The van der Waals surface area contributed by atoms with Gasteiger partial charge >= 0.3 is 0 Å². The highest BCUT2D eigenvalue weighted by Crippen LogP contribution is 2.21. The molecular formula is C13H18O. The van der Waals surface area contributed by atoms with Crippen molar-refractivity contribution in [2.24, 2.45) is 0 Å². The second-order valence-corrected chi connectivity index (χ2v) is 3.69. The fourth-order valence-corrected chi connectivity index (χ4v) is 1.69. The van der Waals surface area contributed by atoms with E-state index in [4.69, 9.17) is 0 Å². The topological polar surface area (TPSA) is 17.1 Å². The van der Waals surface area contributed by atoms with Gasteiger partial charge in [0.1, 0.15) is 5.78 Å². The van der Waals surface area contributed by atoms with E-state index in [9.17, 15) is 4.79 Å². The fourth-order valence-electron chi connectivity index (χ4n) is 1.69. The van der Waals surface area contributed by atoms with Gasteiger partial charge in [-0.25, -0.2) is 0 Å². The first-order chi connectivity index (χ1) is 6.69. The molecule has 0 aliphatic carbocycles. The van der Waals surface area contributed by atoms with E-state index in [1.165, 1.54) is 5.56 Å². The standard InChI is InChI=1S/C13H18O/c1-4-12(13(14)5-2)11-8-6-10(3)7-9-11/h6-9,12H,4-5H2,1-3H3. The monoisotopic (exact) mass is 190 g/mol. The van der Waals surface area contributed by atoms with E-state index in [1.54, 1.807) is 0 Å². The Hall–Kier alpha value is -1.11. The summed E-state index contributed by atoms with van der Waals surface area (Å²) in [5, 5.41) is 0. The lowest BCUT2D eigenvalue weighted by Crippen LogP contribution is -2.10. The van der Waals surface area contributed by atoms with E-state index in [2.05, 4.69) is 38.1 Å².